The van der Waals surface area contributed by atoms with Crippen molar-refractivity contribution in [2.24, 2.45) is 23.7 Å². The Morgan fingerprint density at radius 2 is 2.24 bits per heavy atom. The summed E-state index contributed by atoms with van der Waals surface area (Å²) in [5.74, 6) is 0.396. The maximum absolute atomic E-state index is 12.4. The highest BCUT2D eigenvalue weighted by molar-refractivity contribution is 5.94. The predicted octanol–water partition coefficient (Wildman–Crippen LogP) is 1.55. The first-order chi connectivity index (χ1) is 7.94. The van der Waals surface area contributed by atoms with E-state index in [1.165, 1.54) is 5.57 Å². The second kappa shape index (κ2) is 3.42. The summed E-state index contributed by atoms with van der Waals surface area (Å²) in [7, 11) is 0. The van der Waals surface area contributed by atoms with Gasteiger partial charge in [-0.15, -0.1) is 0 Å². The molecular weight excluding hydrogens is 216 g/mol. The molecule has 0 amide bonds. The molecule has 3 heteroatoms. The highest BCUT2D eigenvalue weighted by Gasteiger charge is 2.61. The quantitative estimate of drug-likeness (QED) is 0.703. The number of hydrogen-bond acceptors (Lipinski definition) is 3. The summed E-state index contributed by atoms with van der Waals surface area (Å²) in [5, 5.41) is 10.4. The number of ether oxygens (including phenoxy) is 1. The molecule has 0 aromatic rings. The Balaban J connectivity index is 2.11. The van der Waals surface area contributed by atoms with Gasteiger partial charge in [-0.1, -0.05) is 25.5 Å². The predicted molar refractivity (Wildman–Crippen MR) is 63.4 cm³/mol. The second-order valence-electron chi connectivity index (χ2n) is 6.12. The summed E-state index contributed by atoms with van der Waals surface area (Å²) in [5.41, 5.74) is -0.00699. The molecule has 3 nitrogen and oxygen atoms in total. The van der Waals surface area contributed by atoms with Gasteiger partial charge >= 0.3 is 0 Å². The van der Waals surface area contributed by atoms with Crippen molar-refractivity contribution in [1.82, 2.24) is 0 Å². The van der Waals surface area contributed by atoms with Crippen LogP contribution in [0.15, 0.2) is 11.6 Å². The van der Waals surface area contributed by atoms with Gasteiger partial charge in [0, 0.05) is 12.5 Å². The number of ketones is 1. The zero-order valence-electron chi connectivity index (χ0n) is 10.6. The van der Waals surface area contributed by atoms with E-state index in [1.54, 1.807) is 6.92 Å². The lowest BCUT2D eigenvalue weighted by molar-refractivity contribution is -0.162. The van der Waals surface area contributed by atoms with Crippen LogP contribution >= 0.6 is 0 Å². The number of carbonyl (C=O) groups is 1. The van der Waals surface area contributed by atoms with Crippen LogP contribution in [-0.4, -0.2) is 29.2 Å². The molecule has 1 N–H and O–H groups in total. The Labute approximate surface area is 102 Å². The average molecular weight is 236 g/mol. The fourth-order valence-corrected chi connectivity index (χ4v) is 3.89. The molecule has 5 atom stereocenters. The van der Waals surface area contributed by atoms with Gasteiger partial charge in [-0.25, -0.2) is 0 Å². The number of aliphatic hydroxyl groups is 1. The maximum atomic E-state index is 12.4. The summed E-state index contributed by atoms with van der Waals surface area (Å²) in [6, 6.07) is 0. The molecule has 1 saturated heterocycles. The summed E-state index contributed by atoms with van der Waals surface area (Å²) in [4.78, 5) is 12.4. The minimum Gasteiger partial charge on any atom is -0.382 e. The molecule has 0 spiro atoms. The fourth-order valence-electron chi connectivity index (χ4n) is 3.89. The molecule has 4 aliphatic rings. The minimum absolute atomic E-state index is 0.0233. The molecule has 4 rings (SSSR count). The van der Waals surface area contributed by atoms with Crippen molar-refractivity contribution in [3.05, 3.63) is 11.6 Å². The lowest BCUT2D eigenvalue weighted by Gasteiger charge is -2.51. The Kier molecular flexibility index (Phi) is 2.30. The average Bonchev–Trinajstić information content (AvgIpc) is 2.72. The van der Waals surface area contributed by atoms with Crippen LogP contribution in [-0.2, 0) is 9.53 Å². The van der Waals surface area contributed by atoms with E-state index in [0.717, 1.165) is 13.0 Å². The van der Waals surface area contributed by atoms with Gasteiger partial charge in [0.2, 0.25) is 0 Å². The molecule has 0 aromatic heterocycles. The third-order valence-electron chi connectivity index (χ3n) is 4.80. The Bertz CT molecular complexity index is 394. The zero-order chi connectivity index (χ0) is 12.4. The lowest BCUT2D eigenvalue weighted by Crippen LogP contribution is -2.62. The van der Waals surface area contributed by atoms with Crippen LogP contribution in [0.3, 0.4) is 0 Å². The summed E-state index contributed by atoms with van der Waals surface area (Å²) in [6.45, 7) is 6.62. The van der Waals surface area contributed by atoms with Crippen LogP contribution in [0.25, 0.3) is 0 Å². The van der Waals surface area contributed by atoms with Crippen molar-refractivity contribution < 1.29 is 14.6 Å². The van der Waals surface area contributed by atoms with Crippen molar-refractivity contribution in [2.75, 3.05) is 6.61 Å². The van der Waals surface area contributed by atoms with Crippen molar-refractivity contribution in [3.8, 4) is 0 Å². The van der Waals surface area contributed by atoms with Crippen LogP contribution in [0.4, 0.5) is 0 Å². The molecule has 94 valence electrons. The van der Waals surface area contributed by atoms with Crippen LogP contribution in [0.1, 0.15) is 27.2 Å². The van der Waals surface area contributed by atoms with E-state index < -0.39 is 5.60 Å². The molecule has 3 aliphatic carbocycles. The third kappa shape index (κ3) is 1.33. The van der Waals surface area contributed by atoms with Gasteiger partial charge in [0.25, 0.3) is 0 Å². The smallest absolute Gasteiger partial charge is 0.174 e. The first-order valence-electron chi connectivity index (χ1n) is 6.54. The molecule has 1 saturated carbocycles. The number of fused-ring (bicyclic) bond motifs is 1. The molecule has 1 aliphatic heterocycles. The van der Waals surface area contributed by atoms with Crippen molar-refractivity contribution in [3.63, 3.8) is 0 Å². The van der Waals surface area contributed by atoms with Gasteiger partial charge in [0.15, 0.2) is 5.78 Å². The topological polar surface area (TPSA) is 46.5 Å². The van der Waals surface area contributed by atoms with E-state index in [-0.39, 0.29) is 23.7 Å². The molecule has 2 bridgehead atoms. The van der Waals surface area contributed by atoms with Gasteiger partial charge in [0.05, 0.1) is 12.0 Å². The summed E-state index contributed by atoms with van der Waals surface area (Å²) in [6.07, 6.45) is 3.15. The SMILES string of the molecule is CC(C)C1=CC2C3CCOC3C1C(=O)C2(C)O. The van der Waals surface area contributed by atoms with Crippen molar-refractivity contribution in [1.29, 1.82) is 0 Å². The third-order valence-corrected chi connectivity index (χ3v) is 4.80. The zero-order valence-corrected chi connectivity index (χ0v) is 10.6. The number of hydrogen-bond donors (Lipinski definition) is 1. The first-order valence-corrected chi connectivity index (χ1v) is 6.54. The van der Waals surface area contributed by atoms with Crippen molar-refractivity contribution >= 4 is 5.78 Å². The van der Waals surface area contributed by atoms with Gasteiger partial charge in [-0.2, -0.15) is 0 Å². The minimum atomic E-state index is -1.18. The summed E-state index contributed by atoms with van der Waals surface area (Å²) < 4.78 is 5.76. The highest BCUT2D eigenvalue weighted by Crippen LogP contribution is 2.53. The molecule has 1 heterocycles. The maximum Gasteiger partial charge on any atom is 0.174 e. The number of Topliss-reactive ketones (excluding diaryl/α,β-unsaturated/α-hetero) is 1. The number of carbonyl (C=O) groups excluding carboxylic acids is 1. The molecular formula is C14H20O3. The van der Waals surface area contributed by atoms with Crippen molar-refractivity contribution in [2.45, 2.75) is 38.9 Å². The van der Waals surface area contributed by atoms with E-state index in [9.17, 15) is 9.90 Å². The van der Waals surface area contributed by atoms with E-state index in [4.69, 9.17) is 4.74 Å². The van der Waals surface area contributed by atoms with Crippen LogP contribution in [0.2, 0.25) is 0 Å². The van der Waals surface area contributed by atoms with Crippen LogP contribution in [0.5, 0.6) is 0 Å². The normalized spacial score (nSPS) is 48.5. The van der Waals surface area contributed by atoms with Crippen LogP contribution in [0, 0.1) is 23.7 Å². The lowest BCUT2D eigenvalue weighted by atomic mass is 9.55. The standard InChI is InChI=1S/C14H20O3/c1-7(2)9-6-10-8-4-5-17-12(8)11(9)13(15)14(10,3)16/h6-8,10-12,16H,4-5H2,1-3H3. The van der Waals surface area contributed by atoms with Gasteiger partial charge < -0.3 is 9.84 Å². The Morgan fingerprint density at radius 3 is 2.88 bits per heavy atom. The van der Waals surface area contributed by atoms with E-state index >= 15 is 0 Å². The first kappa shape index (κ1) is 11.4. The molecule has 17 heavy (non-hydrogen) atoms. The molecule has 0 radical (unpaired) electrons. The number of rotatable bonds is 1. The van der Waals surface area contributed by atoms with E-state index in [2.05, 4.69) is 19.9 Å². The van der Waals surface area contributed by atoms with Gasteiger partial charge in [-0.3, -0.25) is 4.79 Å². The second-order valence-corrected chi connectivity index (χ2v) is 6.12. The van der Waals surface area contributed by atoms with Crippen LogP contribution < -0.4 is 0 Å². The highest BCUT2D eigenvalue weighted by atomic mass is 16.5. The summed E-state index contributed by atoms with van der Waals surface area (Å²) >= 11 is 0. The van der Waals surface area contributed by atoms with Gasteiger partial charge in [-0.05, 0) is 25.2 Å². The largest absolute Gasteiger partial charge is 0.382 e. The van der Waals surface area contributed by atoms with E-state index in [0.29, 0.717) is 11.8 Å². The molecule has 5 unspecified atom stereocenters. The molecule has 2 fully saturated rings. The monoisotopic (exact) mass is 236 g/mol. The van der Waals surface area contributed by atoms with E-state index in [1.807, 2.05) is 0 Å². The van der Waals surface area contributed by atoms with Gasteiger partial charge in [0.1, 0.15) is 5.60 Å². The Hall–Kier alpha value is -0.670. The fraction of sp³-hybridized carbons (Fsp3) is 0.786. The Morgan fingerprint density at radius 1 is 1.53 bits per heavy atom. The molecule has 0 aromatic carbocycles.